The Morgan fingerprint density at radius 2 is 1.96 bits per heavy atom. The maximum Gasteiger partial charge on any atom is 0.253 e. The highest BCUT2D eigenvalue weighted by Crippen LogP contribution is 2.30. The van der Waals surface area contributed by atoms with Crippen molar-refractivity contribution in [3.05, 3.63) is 65.0 Å². The number of aromatic nitrogens is 1. The van der Waals surface area contributed by atoms with Crippen molar-refractivity contribution in [1.82, 2.24) is 14.8 Å². The van der Waals surface area contributed by atoms with Gasteiger partial charge in [0.1, 0.15) is 0 Å². The molecular formula is C23H27N3O. The Hall–Kier alpha value is -2.20. The zero-order valence-corrected chi connectivity index (χ0v) is 15.8. The first kappa shape index (κ1) is 16.9. The predicted molar refractivity (Wildman–Crippen MR) is 106 cm³/mol. The van der Waals surface area contributed by atoms with Crippen molar-refractivity contribution in [2.24, 2.45) is 5.92 Å². The first-order valence-corrected chi connectivity index (χ1v) is 10.3. The average Bonchev–Trinajstić information content (AvgIpc) is 2.99. The number of nitrogens with zero attached hydrogens (tertiary/aromatic N) is 3. The van der Waals surface area contributed by atoms with Crippen LogP contribution in [0.4, 0.5) is 0 Å². The molecule has 3 fully saturated rings. The topological polar surface area (TPSA) is 36.4 Å². The lowest BCUT2D eigenvalue weighted by atomic mass is 9.95. The van der Waals surface area contributed by atoms with Gasteiger partial charge in [-0.1, -0.05) is 12.1 Å². The van der Waals surface area contributed by atoms with Crippen LogP contribution in [0, 0.1) is 5.92 Å². The van der Waals surface area contributed by atoms with Crippen LogP contribution in [0.25, 0.3) is 0 Å². The van der Waals surface area contributed by atoms with Gasteiger partial charge in [-0.25, -0.2) is 0 Å². The molecule has 0 spiro atoms. The van der Waals surface area contributed by atoms with Gasteiger partial charge in [0.15, 0.2) is 0 Å². The third kappa shape index (κ3) is 3.39. The van der Waals surface area contributed by atoms with Gasteiger partial charge in [0.25, 0.3) is 5.91 Å². The van der Waals surface area contributed by atoms with Crippen LogP contribution in [-0.2, 0) is 19.4 Å². The van der Waals surface area contributed by atoms with Crippen LogP contribution >= 0.6 is 0 Å². The van der Waals surface area contributed by atoms with Crippen LogP contribution in [0.1, 0.15) is 46.4 Å². The van der Waals surface area contributed by atoms with Crippen molar-refractivity contribution in [3.63, 3.8) is 0 Å². The molecule has 4 heteroatoms. The SMILES string of the molecule is O=C(c1ccc2c(c1)CCC2)N1C[C@H]2CC[C@@H](C1)N(Cc1ccccn1)C2. The molecule has 4 nitrogen and oxygen atoms in total. The van der Waals surface area contributed by atoms with E-state index in [-0.39, 0.29) is 5.91 Å². The average molecular weight is 361 g/mol. The molecule has 0 N–H and O–H groups in total. The Balaban J connectivity index is 1.33. The standard InChI is InChI=1S/C23H27N3O/c27-23(20-9-8-18-4-3-5-19(18)12-20)26-14-17-7-10-22(16-26)25(13-17)15-21-6-1-2-11-24-21/h1-2,6,8-9,11-12,17,22H,3-5,7,10,13-16H2/t17-,22-/m0/s1. The summed E-state index contributed by atoms with van der Waals surface area (Å²) in [6.45, 7) is 3.71. The van der Waals surface area contributed by atoms with Crippen molar-refractivity contribution in [2.75, 3.05) is 19.6 Å². The second-order valence-corrected chi connectivity index (χ2v) is 8.39. The smallest absolute Gasteiger partial charge is 0.253 e. The Bertz CT molecular complexity index is 835. The number of amides is 1. The molecule has 2 aromatic rings. The largest absolute Gasteiger partial charge is 0.337 e. The molecule has 4 heterocycles. The summed E-state index contributed by atoms with van der Waals surface area (Å²) in [5, 5.41) is 0. The minimum atomic E-state index is 0.223. The minimum absolute atomic E-state index is 0.223. The van der Waals surface area contributed by atoms with Crippen LogP contribution in [0.3, 0.4) is 0 Å². The van der Waals surface area contributed by atoms with E-state index in [4.69, 9.17) is 0 Å². The fraction of sp³-hybridized carbons (Fsp3) is 0.478. The Labute approximate surface area is 161 Å². The van der Waals surface area contributed by atoms with Crippen molar-refractivity contribution >= 4 is 5.91 Å². The second kappa shape index (κ2) is 7.08. The lowest BCUT2D eigenvalue weighted by molar-refractivity contribution is 0.0735. The van der Waals surface area contributed by atoms with Gasteiger partial charge in [0.05, 0.1) is 5.69 Å². The van der Waals surface area contributed by atoms with E-state index in [9.17, 15) is 4.79 Å². The zero-order valence-electron chi connectivity index (χ0n) is 15.8. The summed E-state index contributed by atoms with van der Waals surface area (Å²) in [7, 11) is 0. The first-order valence-electron chi connectivity index (χ1n) is 10.3. The zero-order chi connectivity index (χ0) is 18.2. The van der Waals surface area contributed by atoms with Crippen molar-refractivity contribution in [3.8, 4) is 0 Å². The highest BCUT2D eigenvalue weighted by atomic mass is 16.2. The fourth-order valence-electron chi connectivity index (χ4n) is 5.13. The van der Waals surface area contributed by atoms with Gasteiger partial charge in [-0.15, -0.1) is 0 Å². The fourth-order valence-corrected chi connectivity index (χ4v) is 5.13. The number of fused-ring (bicyclic) bond motifs is 5. The normalized spacial score (nSPS) is 24.7. The van der Waals surface area contributed by atoms with E-state index >= 15 is 0 Å². The second-order valence-electron chi connectivity index (χ2n) is 8.39. The summed E-state index contributed by atoms with van der Waals surface area (Å²) in [5.74, 6) is 0.798. The van der Waals surface area contributed by atoms with Crippen LogP contribution in [-0.4, -0.2) is 46.4 Å². The molecule has 4 aliphatic rings. The van der Waals surface area contributed by atoms with Gasteiger partial charge in [0.2, 0.25) is 0 Å². The number of benzene rings is 1. The first-order chi connectivity index (χ1) is 13.3. The van der Waals surface area contributed by atoms with E-state index in [0.717, 1.165) is 43.9 Å². The summed E-state index contributed by atoms with van der Waals surface area (Å²) in [6, 6.07) is 13.0. The number of aryl methyl sites for hydroxylation is 2. The summed E-state index contributed by atoms with van der Waals surface area (Å²) >= 11 is 0. The minimum Gasteiger partial charge on any atom is -0.337 e. The quantitative estimate of drug-likeness (QED) is 0.842. The van der Waals surface area contributed by atoms with Gasteiger partial charge in [-0.3, -0.25) is 14.7 Å². The maximum atomic E-state index is 13.2. The molecule has 1 aromatic heterocycles. The van der Waals surface area contributed by atoms with Gasteiger partial charge in [-0.2, -0.15) is 0 Å². The predicted octanol–water partition coefficient (Wildman–Crippen LogP) is 3.31. The number of piperidine rings is 1. The van der Waals surface area contributed by atoms with Crippen LogP contribution in [0.5, 0.6) is 0 Å². The van der Waals surface area contributed by atoms with Crippen LogP contribution < -0.4 is 0 Å². The lowest BCUT2D eigenvalue weighted by Gasteiger charge is -2.35. The number of carbonyl (C=O) groups excluding carboxylic acids is 1. The van der Waals surface area contributed by atoms with Crippen LogP contribution in [0.15, 0.2) is 42.6 Å². The number of hydrogen-bond acceptors (Lipinski definition) is 3. The highest BCUT2D eigenvalue weighted by molar-refractivity contribution is 5.94. The summed E-state index contributed by atoms with van der Waals surface area (Å²) in [6.07, 6.45) is 7.81. The molecule has 1 aromatic carbocycles. The molecular weight excluding hydrogens is 334 g/mol. The number of hydrogen-bond donors (Lipinski definition) is 0. The Morgan fingerprint density at radius 1 is 1.04 bits per heavy atom. The van der Waals surface area contributed by atoms with Gasteiger partial charge >= 0.3 is 0 Å². The van der Waals surface area contributed by atoms with E-state index in [0.29, 0.717) is 12.0 Å². The van der Waals surface area contributed by atoms with E-state index in [1.807, 2.05) is 18.3 Å². The third-order valence-corrected chi connectivity index (χ3v) is 6.55. The molecule has 27 heavy (non-hydrogen) atoms. The molecule has 0 saturated carbocycles. The molecule has 1 aliphatic carbocycles. The number of pyridine rings is 1. The Kier molecular flexibility index (Phi) is 4.44. The molecule has 6 rings (SSSR count). The van der Waals surface area contributed by atoms with Gasteiger partial charge < -0.3 is 4.90 Å². The van der Waals surface area contributed by atoms with E-state index in [1.165, 1.54) is 36.8 Å². The molecule has 3 saturated heterocycles. The summed E-state index contributed by atoms with van der Waals surface area (Å²) < 4.78 is 0. The Morgan fingerprint density at radius 3 is 2.85 bits per heavy atom. The van der Waals surface area contributed by atoms with E-state index in [1.54, 1.807) is 0 Å². The van der Waals surface area contributed by atoms with Crippen molar-refractivity contribution in [2.45, 2.75) is 44.7 Å². The molecule has 2 bridgehead atoms. The summed E-state index contributed by atoms with van der Waals surface area (Å²) in [4.78, 5) is 22.4. The van der Waals surface area contributed by atoms with Gasteiger partial charge in [-0.05, 0) is 73.4 Å². The maximum absolute atomic E-state index is 13.2. The molecule has 1 amide bonds. The van der Waals surface area contributed by atoms with Crippen LogP contribution in [0.2, 0.25) is 0 Å². The molecule has 0 radical (unpaired) electrons. The summed E-state index contributed by atoms with van der Waals surface area (Å²) in [5.41, 5.74) is 4.83. The molecule has 0 unspecified atom stereocenters. The van der Waals surface area contributed by atoms with Crippen molar-refractivity contribution in [1.29, 1.82) is 0 Å². The van der Waals surface area contributed by atoms with E-state index in [2.05, 4.69) is 39.0 Å². The highest BCUT2D eigenvalue weighted by Gasteiger charge is 2.36. The lowest BCUT2D eigenvalue weighted by Crippen LogP contribution is -2.44. The molecule has 3 aliphatic heterocycles. The van der Waals surface area contributed by atoms with Gasteiger partial charge in [0, 0.05) is 44.0 Å². The molecule has 2 atom stereocenters. The van der Waals surface area contributed by atoms with E-state index < -0.39 is 0 Å². The number of rotatable bonds is 3. The third-order valence-electron chi connectivity index (χ3n) is 6.55. The van der Waals surface area contributed by atoms with Crippen molar-refractivity contribution < 1.29 is 4.79 Å². The monoisotopic (exact) mass is 361 g/mol. The molecule has 140 valence electrons. The number of carbonyl (C=O) groups is 1.